The molecule has 0 saturated carbocycles. The Balaban J connectivity index is 2.40. The Morgan fingerprint density at radius 1 is 1.00 bits per heavy atom. The topological polar surface area (TPSA) is 86.7 Å². The standard InChI is InChI=1S/C19H33NO3/c1-2-3-4-5-6-7-18(23)17-10-8-16(9-11-17)12-13-19(20,14-21)15-22/h8-11,18,21-23H,2-7,12-15,20H2,1H3. The molecule has 1 aromatic carbocycles. The number of benzene rings is 1. The maximum atomic E-state index is 10.2. The average molecular weight is 323 g/mol. The number of aliphatic hydroxyl groups excluding tert-OH is 3. The van der Waals surface area contributed by atoms with Gasteiger partial charge < -0.3 is 21.1 Å². The zero-order chi connectivity index (χ0) is 17.1. The fourth-order valence-corrected chi connectivity index (χ4v) is 2.62. The smallest absolute Gasteiger partial charge is 0.0790 e. The zero-order valence-electron chi connectivity index (χ0n) is 14.4. The second kappa shape index (κ2) is 10.8. The first kappa shape index (κ1) is 20.1. The maximum absolute atomic E-state index is 10.2. The molecule has 132 valence electrons. The van der Waals surface area contributed by atoms with Crippen molar-refractivity contribution < 1.29 is 15.3 Å². The number of aliphatic hydroxyl groups is 3. The van der Waals surface area contributed by atoms with Gasteiger partial charge in [0.2, 0.25) is 0 Å². The lowest BCUT2D eigenvalue weighted by Crippen LogP contribution is -2.47. The van der Waals surface area contributed by atoms with Crippen molar-refractivity contribution in [2.24, 2.45) is 5.73 Å². The van der Waals surface area contributed by atoms with Crippen LogP contribution in [0.25, 0.3) is 0 Å². The molecule has 0 heterocycles. The summed E-state index contributed by atoms with van der Waals surface area (Å²) in [7, 11) is 0. The van der Waals surface area contributed by atoms with Crippen LogP contribution in [0.2, 0.25) is 0 Å². The predicted molar refractivity (Wildman–Crippen MR) is 94.2 cm³/mol. The fraction of sp³-hybridized carbons (Fsp3) is 0.684. The Hall–Kier alpha value is -0.940. The van der Waals surface area contributed by atoms with E-state index in [9.17, 15) is 15.3 Å². The van der Waals surface area contributed by atoms with E-state index in [1.807, 2.05) is 24.3 Å². The first-order chi connectivity index (χ1) is 11.0. The van der Waals surface area contributed by atoms with E-state index < -0.39 is 11.6 Å². The Bertz CT molecular complexity index is 415. The monoisotopic (exact) mass is 323 g/mol. The summed E-state index contributed by atoms with van der Waals surface area (Å²) in [6, 6.07) is 7.90. The van der Waals surface area contributed by atoms with Gasteiger partial charge in [0.25, 0.3) is 0 Å². The molecule has 23 heavy (non-hydrogen) atoms. The van der Waals surface area contributed by atoms with E-state index in [1.165, 1.54) is 25.7 Å². The van der Waals surface area contributed by atoms with Crippen LogP contribution in [-0.2, 0) is 6.42 Å². The lowest BCUT2D eigenvalue weighted by Gasteiger charge is -2.24. The van der Waals surface area contributed by atoms with Crippen LogP contribution in [0, 0.1) is 0 Å². The SMILES string of the molecule is CCCCCCCC(O)c1ccc(CCC(N)(CO)CO)cc1. The van der Waals surface area contributed by atoms with Crippen LogP contribution in [0.5, 0.6) is 0 Å². The Kier molecular flexibility index (Phi) is 9.41. The molecule has 0 aliphatic heterocycles. The summed E-state index contributed by atoms with van der Waals surface area (Å²) < 4.78 is 0. The third-order valence-electron chi connectivity index (χ3n) is 4.49. The van der Waals surface area contributed by atoms with Crippen LogP contribution >= 0.6 is 0 Å². The average Bonchev–Trinajstić information content (AvgIpc) is 2.59. The van der Waals surface area contributed by atoms with Crippen molar-refractivity contribution in [1.29, 1.82) is 0 Å². The van der Waals surface area contributed by atoms with Crippen LogP contribution < -0.4 is 5.73 Å². The Morgan fingerprint density at radius 2 is 1.61 bits per heavy atom. The van der Waals surface area contributed by atoms with Crippen molar-refractivity contribution in [2.45, 2.75) is 69.9 Å². The highest BCUT2D eigenvalue weighted by atomic mass is 16.3. The molecule has 1 atom stereocenters. The lowest BCUT2D eigenvalue weighted by atomic mass is 9.93. The number of rotatable bonds is 12. The quantitative estimate of drug-likeness (QED) is 0.445. The number of aryl methyl sites for hydroxylation is 1. The molecule has 0 aromatic heterocycles. The van der Waals surface area contributed by atoms with E-state index in [-0.39, 0.29) is 13.2 Å². The highest BCUT2D eigenvalue weighted by Gasteiger charge is 2.22. The van der Waals surface area contributed by atoms with Crippen LogP contribution in [0.15, 0.2) is 24.3 Å². The molecule has 0 bridgehead atoms. The minimum Gasteiger partial charge on any atom is -0.394 e. The molecule has 0 aliphatic carbocycles. The van der Waals surface area contributed by atoms with Gasteiger partial charge in [0.05, 0.1) is 24.9 Å². The van der Waals surface area contributed by atoms with E-state index >= 15 is 0 Å². The van der Waals surface area contributed by atoms with E-state index in [4.69, 9.17) is 5.73 Å². The summed E-state index contributed by atoms with van der Waals surface area (Å²) in [4.78, 5) is 0. The van der Waals surface area contributed by atoms with Gasteiger partial charge >= 0.3 is 0 Å². The second-order valence-electron chi connectivity index (χ2n) is 6.64. The number of hydrogen-bond donors (Lipinski definition) is 4. The van der Waals surface area contributed by atoms with Crippen molar-refractivity contribution >= 4 is 0 Å². The molecule has 4 heteroatoms. The van der Waals surface area contributed by atoms with Gasteiger partial charge in [-0.05, 0) is 30.4 Å². The van der Waals surface area contributed by atoms with Gasteiger partial charge in [0.1, 0.15) is 0 Å². The van der Waals surface area contributed by atoms with E-state index in [0.717, 1.165) is 24.0 Å². The third-order valence-corrected chi connectivity index (χ3v) is 4.49. The molecule has 0 radical (unpaired) electrons. The predicted octanol–water partition coefficient (Wildman–Crippen LogP) is 2.70. The molecule has 0 amide bonds. The summed E-state index contributed by atoms with van der Waals surface area (Å²) in [5.74, 6) is 0. The third kappa shape index (κ3) is 7.44. The molecule has 1 rings (SSSR count). The molecular weight excluding hydrogens is 290 g/mol. The summed E-state index contributed by atoms with van der Waals surface area (Å²) in [5, 5.41) is 28.6. The van der Waals surface area contributed by atoms with Gasteiger partial charge in [-0.2, -0.15) is 0 Å². The van der Waals surface area contributed by atoms with Crippen LogP contribution in [0.4, 0.5) is 0 Å². The highest BCUT2D eigenvalue weighted by Crippen LogP contribution is 2.21. The Morgan fingerprint density at radius 3 is 2.17 bits per heavy atom. The van der Waals surface area contributed by atoms with Crippen molar-refractivity contribution in [3.05, 3.63) is 35.4 Å². The molecule has 1 unspecified atom stereocenters. The molecule has 0 fully saturated rings. The largest absolute Gasteiger partial charge is 0.394 e. The molecule has 1 aromatic rings. The minimum absolute atomic E-state index is 0.224. The first-order valence-corrected chi connectivity index (χ1v) is 8.82. The van der Waals surface area contributed by atoms with Crippen molar-refractivity contribution in [2.75, 3.05) is 13.2 Å². The molecule has 5 N–H and O–H groups in total. The van der Waals surface area contributed by atoms with Gasteiger partial charge in [-0.3, -0.25) is 0 Å². The molecule has 0 aliphatic rings. The fourth-order valence-electron chi connectivity index (χ4n) is 2.62. The van der Waals surface area contributed by atoms with Crippen LogP contribution in [-0.4, -0.2) is 34.1 Å². The first-order valence-electron chi connectivity index (χ1n) is 8.82. The van der Waals surface area contributed by atoms with Gasteiger partial charge in [0, 0.05) is 0 Å². The van der Waals surface area contributed by atoms with Gasteiger partial charge in [-0.1, -0.05) is 63.3 Å². The van der Waals surface area contributed by atoms with E-state index in [0.29, 0.717) is 12.8 Å². The number of hydrogen-bond acceptors (Lipinski definition) is 4. The number of nitrogens with two attached hydrogens (primary N) is 1. The van der Waals surface area contributed by atoms with E-state index in [1.54, 1.807) is 0 Å². The van der Waals surface area contributed by atoms with Crippen LogP contribution in [0.3, 0.4) is 0 Å². The van der Waals surface area contributed by atoms with Gasteiger partial charge in [-0.15, -0.1) is 0 Å². The minimum atomic E-state index is -0.920. The maximum Gasteiger partial charge on any atom is 0.0790 e. The normalized spacial score (nSPS) is 13.3. The molecular formula is C19H33NO3. The summed E-state index contributed by atoms with van der Waals surface area (Å²) >= 11 is 0. The van der Waals surface area contributed by atoms with Gasteiger partial charge in [-0.25, -0.2) is 0 Å². The zero-order valence-corrected chi connectivity index (χ0v) is 14.4. The van der Waals surface area contributed by atoms with Crippen LogP contribution in [0.1, 0.15) is 69.1 Å². The Labute approximate surface area is 140 Å². The summed E-state index contributed by atoms with van der Waals surface area (Å²) in [5.41, 5.74) is 7.00. The van der Waals surface area contributed by atoms with Crippen molar-refractivity contribution in [1.82, 2.24) is 0 Å². The summed E-state index contributed by atoms with van der Waals surface area (Å²) in [6.45, 7) is 1.75. The lowest BCUT2D eigenvalue weighted by molar-refractivity contribution is 0.115. The molecule has 0 saturated heterocycles. The van der Waals surface area contributed by atoms with Crippen molar-refractivity contribution in [3.8, 4) is 0 Å². The van der Waals surface area contributed by atoms with E-state index in [2.05, 4.69) is 6.92 Å². The molecule has 4 nitrogen and oxygen atoms in total. The highest BCUT2D eigenvalue weighted by molar-refractivity contribution is 5.24. The molecule has 0 spiro atoms. The second-order valence-corrected chi connectivity index (χ2v) is 6.64. The van der Waals surface area contributed by atoms with Crippen molar-refractivity contribution in [3.63, 3.8) is 0 Å². The summed E-state index contributed by atoms with van der Waals surface area (Å²) in [6.07, 6.45) is 7.65. The van der Waals surface area contributed by atoms with Gasteiger partial charge in [0.15, 0.2) is 0 Å². The number of unbranched alkanes of at least 4 members (excludes halogenated alkanes) is 4.